The van der Waals surface area contributed by atoms with Gasteiger partial charge in [-0.05, 0) is 37.8 Å². The van der Waals surface area contributed by atoms with Crippen LogP contribution < -0.4 is 5.73 Å². The van der Waals surface area contributed by atoms with E-state index in [1.807, 2.05) is 0 Å². The van der Waals surface area contributed by atoms with Gasteiger partial charge in [0.2, 0.25) is 0 Å². The van der Waals surface area contributed by atoms with Crippen LogP contribution in [0.5, 0.6) is 0 Å². The lowest BCUT2D eigenvalue weighted by atomic mass is 9.95. The molecule has 0 spiro atoms. The van der Waals surface area contributed by atoms with E-state index in [0.717, 1.165) is 19.3 Å². The molecule has 2 N–H and O–H groups in total. The molecule has 2 nitrogen and oxygen atoms in total. The fraction of sp³-hybridized carbons (Fsp3) is 0.462. The van der Waals surface area contributed by atoms with E-state index in [4.69, 9.17) is 5.73 Å². The summed E-state index contributed by atoms with van der Waals surface area (Å²) in [4.78, 5) is 12.0. The predicted molar refractivity (Wildman–Crippen MR) is 60.8 cm³/mol. The monoisotopic (exact) mass is 221 g/mol. The molecule has 2 unspecified atom stereocenters. The lowest BCUT2D eigenvalue weighted by molar-refractivity contribution is 0.0921. The highest BCUT2D eigenvalue weighted by atomic mass is 19.1. The first-order valence-electron chi connectivity index (χ1n) is 5.64. The lowest BCUT2D eigenvalue weighted by Gasteiger charge is -2.09. The van der Waals surface area contributed by atoms with Crippen molar-refractivity contribution < 1.29 is 9.18 Å². The Kier molecular flexibility index (Phi) is 3.06. The first-order valence-corrected chi connectivity index (χ1v) is 5.64. The molecule has 0 amide bonds. The van der Waals surface area contributed by atoms with Crippen LogP contribution in [-0.2, 0) is 0 Å². The predicted octanol–water partition coefficient (Wildman–Crippen LogP) is 2.44. The fourth-order valence-electron chi connectivity index (χ4n) is 2.24. The van der Waals surface area contributed by atoms with E-state index >= 15 is 0 Å². The summed E-state index contributed by atoms with van der Waals surface area (Å²) >= 11 is 0. The second kappa shape index (κ2) is 4.34. The minimum Gasteiger partial charge on any atom is -0.328 e. The number of Topliss-reactive ketones (excluding diaryl/α,β-unsaturated/α-hetero) is 1. The van der Waals surface area contributed by atoms with Gasteiger partial charge >= 0.3 is 0 Å². The Morgan fingerprint density at radius 2 is 2.19 bits per heavy atom. The van der Waals surface area contributed by atoms with Gasteiger partial charge < -0.3 is 5.73 Å². The SMILES string of the molecule is Cc1ccc(C(=O)C2CCC(N)C2)cc1F. The maximum atomic E-state index is 13.3. The van der Waals surface area contributed by atoms with E-state index in [0.29, 0.717) is 11.1 Å². The molecule has 1 aromatic rings. The normalized spacial score (nSPS) is 24.7. The molecule has 3 heteroatoms. The smallest absolute Gasteiger partial charge is 0.166 e. The number of aryl methyl sites for hydroxylation is 1. The maximum Gasteiger partial charge on any atom is 0.166 e. The van der Waals surface area contributed by atoms with Crippen LogP contribution in [0.1, 0.15) is 35.2 Å². The minimum atomic E-state index is -0.312. The number of rotatable bonds is 2. The minimum absolute atomic E-state index is 0.0166. The molecule has 86 valence electrons. The van der Waals surface area contributed by atoms with Crippen LogP contribution in [0.4, 0.5) is 4.39 Å². The van der Waals surface area contributed by atoms with Gasteiger partial charge in [-0.2, -0.15) is 0 Å². The summed E-state index contributed by atoms with van der Waals surface area (Å²) in [5, 5.41) is 0. The topological polar surface area (TPSA) is 43.1 Å². The molecule has 1 saturated carbocycles. The molecular formula is C13H16FNO. The maximum absolute atomic E-state index is 13.3. The molecule has 0 saturated heterocycles. The summed E-state index contributed by atoms with van der Waals surface area (Å²) in [6, 6.07) is 4.81. The standard InChI is InChI=1S/C13H16FNO/c1-8-2-3-10(7-12(8)14)13(16)9-4-5-11(15)6-9/h2-3,7,9,11H,4-6,15H2,1H3. The summed E-state index contributed by atoms with van der Waals surface area (Å²) in [6.07, 6.45) is 2.45. The van der Waals surface area contributed by atoms with Crippen molar-refractivity contribution in [1.82, 2.24) is 0 Å². The van der Waals surface area contributed by atoms with Crippen molar-refractivity contribution in [3.05, 3.63) is 35.1 Å². The Balaban J connectivity index is 2.18. The van der Waals surface area contributed by atoms with Gasteiger partial charge in [0.1, 0.15) is 5.82 Å². The van der Waals surface area contributed by atoms with Crippen LogP contribution in [0, 0.1) is 18.7 Å². The van der Waals surface area contributed by atoms with Crippen molar-refractivity contribution in [2.45, 2.75) is 32.2 Å². The number of ketones is 1. The summed E-state index contributed by atoms with van der Waals surface area (Å²) in [5.41, 5.74) is 6.81. The van der Waals surface area contributed by atoms with Gasteiger partial charge in [0.15, 0.2) is 5.78 Å². The van der Waals surface area contributed by atoms with Gasteiger partial charge in [-0.25, -0.2) is 4.39 Å². The summed E-state index contributed by atoms with van der Waals surface area (Å²) in [7, 11) is 0. The number of hydrogen-bond donors (Lipinski definition) is 1. The molecule has 1 aliphatic rings. The highest BCUT2D eigenvalue weighted by Gasteiger charge is 2.28. The molecule has 2 atom stereocenters. The Bertz CT molecular complexity index is 416. The largest absolute Gasteiger partial charge is 0.328 e. The zero-order valence-electron chi connectivity index (χ0n) is 9.37. The van der Waals surface area contributed by atoms with Crippen molar-refractivity contribution in [3.8, 4) is 0 Å². The molecule has 2 rings (SSSR count). The molecular weight excluding hydrogens is 205 g/mol. The first kappa shape index (κ1) is 11.3. The molecule has 1 aliphatic carbocycles. The van der Waals surface area contributed by atoms with Crippen LogP contribution in [0.3, 0.4) is 0 Å². The summed E-state index contributed by atoms with van der Waals surface area (Å²) in [5.74, 6) is -0.294. The average molecular weight is 221 g/mol. The van der Waals surface area contributed by atoms with E-state index in [2.05, 4.69) is 0 Å². The Hall–Kier alpha value is -1.22. The molecule has 1 fully saturated rings. The highest BCUT2D eigenvalue weighted by molar-refractivity contribution is 5.98. The van der Waals surface area contributed by atoms with Crippen molar-refractivity contribution in [1.29, 1.82) is 0 Å². The van der Waals surface area contributed by atoms with Crippen LogP contribution in [0.15, 0.2) is 18.2 Å². The van der Waals surface area contributed by atoms with Crippen LogP contribution in [0.2, 0.25) is 0 Å². The van der Waals surface area contributed by atoms with E-state index in [-0.39, 0.29) is 23.6 Å². The average Bonchev–Trinajstić information content (AvgIpc) is 2.68. The number of halogens is 1. The second-order valence-electron chi connectivity index (χ2n) is 4.60. The van der Waals surface area contributed by atoms with Crippen LogP contribution >= 0.6 is 0 Å². The van der Waals surface area contributed by atoms with Gasteiger partial charge in [-0.15, -0.1) is 0 Å². The van der Waals surface area contributed by atoms with E-state index in [9.17, 15) is 9.18 Å². The number of nitrogens with two attached hydrogens (primary N) is 1. The quantitative estimate of drug-likeness (QED) is 0.779. The molecule has 0 aromatic heterocycles. The van der Waals surface area contributed by atoms with Crippen molar-refractivity contribution in [3.63, 3.8) is 0 Å². The van der Waals surface area contributed by atoms with Crippen LogP contribution in [-0.4, -0.2) is 11.8 Å². The number of hydrogen-bond acceptors (Lipinski definition) is 2. The first-order chi connectivity index (χ1) is 7.58. The molecule has 0 aliphatic heterocycles. The number of carbonyl (C=O) groups excluding carboxylic acids is 1. The molecule has 0 bridgehead atoms. The van der Waals surface area contributed by atoms with Crippen molar-refractivity contribution in [2.24, 2.45) is 11.7 Å². The third kappa shape index (κ3) is 2.14. The number of carbonyl (C=O) groups is 1. The van der Waals surface area contributed by atoms with E-state index in [1.165, 1.54) is 6.07 Å². The lowest BCUT2D eigenvalue weighted by Crippen LogP contribution is -2.18. The molecule has 16 heavy (non-hydrogen) atoms. The van der Waals surface area contributed by atoms with E-state index in [1.54, 1.807) is 19.1 Å². The van der Waals surface area contributed by atoms with Gasteiger partial charge in [0, 0.05) is 17.5 Å². The van der Waals surface area contributed by atoms with Gasteiger partial charge in [0.25, 0.3) is 0 Å². The fourth-order valence-corrected chi connectivity index (χ4v) is 2.24. The molecule has 0 radical (unpaired) electrons. The highest BCUT2D eigenvalue weighted by Crippen LogP contribution is 2.27. The molecule has 1 aromatic carbocycles. The number of benzene rings is 1. The van der Waals surface area contributed by atoms with Crippen LogP contribution in [0.25, 0.3) is 0 Å². The summed E-state index contributed by atoms with van der Waals surface area (Å²) in [6.45, 7) is 1.69. The van der Waals surface area contributed by atoms with Crippen molar-refractivity contribution >= 4 is 5.78 Å². The third-order valence-corrected chi connectivity index (χ3v) is 3.30. The van der Waals surface area contributed by atoms with Crippen molar-refractivity contribution in [2.75, 3.05) is 0 Å². The Morgan fingerprint density at radius 3 is 2.75 bits per heavy atom. The zero-order valence-corrected chi connectivity index (χ0v) is 9.37. The third-order valence-electron chi connectivity index (χ3n) is 3.30. The summed E-state index contributed by atoms with van der Waals surface area (Å²) < 4.78 is 13.3. The zero-order chi connectivity index (χ0) is 11.7. The van der Waals surface area contributed by atoms with Gasteiger partial charge in [0.05, 0.1) is 0 Å². The molecule has 0 heterocycles. The van der Waals surface area contributed by atoms with Gasteiger partial charge in [-0.1, -0.05) is 12.1 Å². The van der Waals surface area contributed by atoms with E-state index < -0.39 is 0 Å². The second-order valence-corrected chi connectivity index (χ2v) is 4.60. The van der Waals surface area contributed by atoms with Gasteiger partial charge in [-0.3, -0.25) is 4.79 Å². The Labute approximate surface area is 94.6 Å². The Morgan fingerprint density at radius 1 is 1.44 bits per heavy atom.